The molecule has 0 radical (unpaired) electrons. The Morgan fingerprint density at radius 3 is 2.71 bits per heavy atom. The molecule has 114 valence electrons. The first kappa shape index (κ1) is 15.6. The summed E-state index contributed by atoms with van der Waals surface area (Å²) in [5, 5.41) is 3.18. The second kappa shape index (κ2) is 6.35. The molecule has 1 aliphatic heterocycles. The molecule has 5 nitrogen and oxygen atoms in total. The molecule has 6 heteroatoms. The van der Waals surface area contributed by atoms with Crippen LogP contribution in [-0.2, 0) is 9.59 Å². The van der Waals surface area contributed by atoms with E-state index in [2.05, 4.69) is 5.32 Å². The third kappa shape index (κ3) is 2.97. The number of benzene rings is 1. The molecule has 1 aromatic rings. The lowest BCUT2D eigenvalue weighted by Crippen LogP contribution is -2.62. The summed E-state index contributed by atoms with van der Waals surface area (Å²) in [6, 6.07) is 3.96. The number of nitrogens with zero attached hydrogens (tertiary/aromatic N) is 1. The van der Waals surface area contributed by atoms with Crippen LogP contribution in [0.15, 0.2) is 18.2 Å². The van der Waals surface area contributed by atoms with Crippen LogP contribution in [0.3, 0.4) is 0 Å². The van der Waals surface area contributed by atoms with E-state index in [1.54, 1.807) is 32.2 Å². The second-order valence-electron chi connectivity index (χ2n) is 5.05. The molecule has 1 aromatic carbocycles. The van der Waals surface area contributed by atoms with E-state index in [9.17, 15) is 9.59 Å². The lowest BCUT2D eigenvalue weighted by Gasteiger charge is -2.37. The molecule has 0 aliphatic carbocycles. The first-order valence-corrected chi connectivity index (χ1v) is 7.34. The fourth-order valence-corrected chi connectivity index (χ4v) is 2.65. The molecule has 1 aliphatic rings. The molecule has 2 amide bonds. The lowest BCUT2D eigenvalue weighted by atomic mass is 10.0. The molecule has 0 saturated carbocycles. The minimum atomic E-state index is -0.602. The van der Waals surface area contributed by atoms with Crippen molar-refractivity contribution in [3.63, 3.8) is 0 Å². The predicted molar refractivity (Wildman–Crippen MR) is 81.8 cm³/mol. The van der Waals surface area contributed by atoms with Crippen LogP contribution < -0.4 is 15.0 Å². The Kier molecular flexibility index (Phi) is 4.73. The number of methoxy groups -OCH3 is 1. The normalized spacial score (nSPS) is 22.2. The van der Waals surface area contributed by atoms with Gasteiger partial charge in [0, 0.05) is 6.07 Å². The standard InChI is InChI=1S/C15H19ClN2O3/c1-4-5-12-15(20)18(9(2)14(19)17-12)13-8-10(21-3)6-7-11(13)16/h6-9,12H,4-5H2,1-3H3,(H,17,19). The molecule has 1 N–H and O–H groups in total. The van der Waals surface area contributed by atoms with Crippen LogP contribution in [0.4, 0.5) is 5.69 Å². The summed E-state index contributed by atoms with van der Waals surface area (Å²) >= 11 is 6.21. The number of piperazine rings is 1. The molecule has 1 heterocycles. The van der Waals surface area contributed by atoms with Crippen molar-refractivity contribution < 1.29 is 14.3 Å². The van der Waals surface area contributed by atoms with Gasteiger partial charge in [-0.2, -0.15) is 0 Å². The van der Waals surface area contributed by atoms with Crippen molar-refractivity contribution in [2.75, 3.05) is 12.0 Å². The van der Waals surface area contributed by atoms with Gasteiger partial charge in [0.1, 0.15) is 17.8 Å². The highest BCUT2D eigenvalue weighted by Gasteiger charge is 2.39. The SMILES string of the molecule is CCCC1NC(=O)C(C)N(c2cc(OC)ccc2Cl)C1=O. The minimum Gasteiger partial charge on any atom is -0.497 e. The highest BCUT2D eigenvalue weighted by atomic mass is 35.5. The van der Waals surface area contributed by atoms with Crippen LogP contribution in [0.5, 0.6) is 5.75 Å². The molecule has 1 fully saturated rings. The van der Waals surface area contributed by atoms with Crippen molar-refractivity contribution in [2.45, 2.75) is 38.8 Å². The monoisotopic (exact) mass is 310 g/mol. The number of hydrogen-bond donors (Lipinski definition) is 1. The maximum Gasteiger partial charge on any atom is 0.250 e. The van der Waals surface area contributed by atoms with Gasteiger partial charge in [-0.25, -0.2) is 0 Å². The van der Waals surface area contributed by atoms with Gasteiger partial charge in [-0.15, -0.1) is 0 Å². The van der Waals surface area contributed by atoms with Gasteiger partial charge < -0.3 is 10.1 Å². The van der Waals surface area contributed by atoms with Crippen molar-refractivity contribution in [1.82, 2.24) is 5.32 Å². The Balaban J connectivity index is 2.43. The summed E-state index contributed by atoms with van der Waals surface area (Å²) < 4.78 is 5.18. The van der Waals surface area contributed by atoms with Gasteiger partial charge >= 0.3 is 0 Å². The average molecular weight is 311 g/mol. The Labute approximate surface area is 129 Å². The van der Waals surface area contributed by atoms with Gasteiger partial charge in [0.05, 0.1) is 17.8 Å². The summed E-state index contributed by atoms with van der Waals surface area (Å²) in [6.07, 6.45) is 1.42. The Hall–Kier alpha value is -1.75. The van der Waals surface area contributed by atoms with Crippen LogP contribution in [-0.4, -0.2) is 31.0 Å². The van der Waals surface area contributed by atoms with Crippen LogP contribution in [0.1, 0.15) is 26.7 Å². The minimum absolute atomic E-state index is 0.140. The molecule has 21 heavy (non-hydrogen) atoms. The highest BCUT2D eigenvalue weighted by molar-refractivity contribution is 6.34. The third-order valence-electron chi connectivity index (χ3n) is 3.61. The number of ether oxygens (including phenoxy) is 1. The van der Waals surface area contributed by atoms with Crippen LogP contribution in [0, 0.1) is 0 Å². The van der Waals surface area contributed by atoms with Crippen molar-refractivity contribution >= 4 is 29.1 Å². The quantitative estimate of drug-likeness (QED) is 0.929. The van der Waals surface area contributed by atoms with E-state index >= 15 is 0 Å². The smallest absolute Gasteiger partial charge is 0.250 e. The fraction of sp³-hybridized carbons (Fsp3) is 0.467. The van der Waals surface area contributed by atoms with E-state index in [1.165, 1.54) is 4.90 Å². The molecular weight excluding hydrogens is 292 g/mol. The summed E-state index contributed by atoms with van der Waals surface area (Å²) in [6.45, 7) is 3.66. The maximum absolute atomic E-state index is 12.6. The predicted octanol–water partition coefficient (Wildman–Crippen LogP) is 2.37. The van der Waals surface area contributed by atoms with Crippen molar-refractivity contribution in [2.24, 2.45) is 0 Å². The number of anilines is 1. The third-order valence-corrected chi connectivity index (χ3v) is 3.93. The molecule has 2 rings (SSSR count). The van der Waals surface area contributed by atoms with E-state index < -0.39 is 12.1 Å². The van der Waals surface area contributed by atoms with Crippen molar-refractivity contribution in [3.05, 3.63) is 23.2 Å². The molecule has 1 saturated heterocycles. The zero-order valence-corrected chi connectivity index (χ0v) is 13.1. The maximum atomic E-state index is 12.6. The van der Waals surface area contributed by atoms with Crippen LogP contribution in [0.25, 0.3) is 0 Å². The number of carbonyl (C=O) groups excluding carboxylic acids is 2. The fourth-order valence-electron chi connectivity index (χ4n) is 2.45. The van der Waals surface area contributed by atoms with Crippen molar-refractivity contribution in [1.29, 1.82) is 0 Å². The van der Waals surface area contributed by atoms with Gasteiger partial charge in [-0.1, -0.05) is 24.9 Å². The van der Waals surface area contributed by atoms with E-state index in [0.29, 0.717) is 22.9 Å². The number of amides is 2. The zero-order valence-electron chi connectivity index (χ0n) is 12.4. The Morgan fingerprint density at radius 1 is 1.38 bits per heavy atom. The molecule has 2 atom stereocenters. The second-order valence-corrected chi connectivity index (χ2v) is 5.46. The van der Waals surface area contributed by atoms with E-state index in [-0.39, 0.29) is 11.8 Å². The summed E-state index contributed by atoms with van der Waals surface area (Å²) in [4.78, 5) is 26.2. The number of hydrogen-bond acceptors (Lipinski definition) is 3. The number of rotatable bonds is 4. The van der Waals surface area contributed by atoms with Gasteiger partial charge in [0.25, 0.3) is 0 Å². The first-order valence-electron chi connectivity index (χ1n) is 6.96. The summed E-state index contributed by atoms with van der Waals surface area (Å²) in [5.41, 5.74) is 0.504. The van der Waals surface area contributed by atoms with Gasteiger partial charge in [0.2, 0.25) is 11.8 Å². The highest BCUT2D eigenvalue weighted by Crippen LogP contribution is 2.33. The van der Waals surface area contributed by atoms with Gasteiger partial charge in [0.15, 0.2) is 0 Å². The van der Waals surface area contributed by atoms with Crippen LogP contribution in [0.2, 0.25) is 5.02 Å². The number of halogens is 1. The van der Waals surface area contributed by atoms with Crippen LogP contribution >= 0.6 is 11.6 Å². The lowest BCUT2D eigenvalue weighted by molar-refractivity contribution is -0.133. The van der Waals surface area contributed by atoms with Gasteiger partial charge in [-0.3, -0.25) is 14.5 Å². The number of carbonyl (C=O) groups is 2. The molecule has 0 spiro atoms. The van der Waals surface area contributed by atoms with E-state index in [1.807, 2.05) is 6.92 Å². The Morgan fingerprint density at radius 2 is 2.10 bits per heavy atom. The van der Waals surface area contributed by atoms with E-state index in [4.69, 9.17) is 16.3 Å². The van der Waals surface area contributed by atoms with E-state index in [0.717, 1.165) is 6.42 Å². The number of nitrogens with one attached hydrogen (secondary N) is 1. The summed E-state index contributed by atoms with van der Waals surface area (Å²) in [5.74, 6) is 0.276. The molecular formula is C15H19ClN2O3. The topological polar surface area (TPSA) is 58.6 Å². The first-order chi connectivity index (χ1) is 9.99. The molecule has 0 bridgehead atoms. The molecule has 2 unspecified atom stereocenters. The van der Waals surface area contributed by atoms with Gasteiger partial charge in [-0.05, 0) is 25.5 Å². The largest absolute Gasteiger partial charge is 0.497 e. The summed E-state index contributed by atoms with van der Waals surface area (Å²) in [7, 11) is 1.54. The Bertz CT molecular complexity index is 562. The zero-order chi connectivity index (χ0) is 15.6. The van der Waals surface area contributed by atoms with Crippen molar-refractivity contribution in [3.8, 4) is 5.75 Å². The average Bonchev–Trinajstić information content (AvgIpc) is 2.47. The molecule has 0 aromatic heterocycles.